The van der Waals surface area contributed by atoms with Crippen molar-refractivity contribution in [3.8, 4) is 11.4 Å². The normalized spacial score (nSPS) is 21.0. The number of rotatable bonds is 8. The van der Waals surface area contributed by atoms with Gasteiger partial charge in [0.15, 0.2) is 0 Å². The lowest BCUT2D eigenvalue weighted by Gasteiger charge is -2.35. The molecule has 1 aromatic carbocycles. The molecular formula is C15H24FN9O5S2. The molecular weight excluding hydrogens is 469 g/mol. The molecule has 0 aliphatic carbocycles. The van der Waals surface area contributed by atoms with Crippen LogP contribution >= 0.6 is 0 Å². The lowest BCUT2D eigenvalue weighted by atomic mass is 10.0. The summed E-state index contributed by atoms with van der Waals surface area (Å²) in [6.07, 6.45) is -2.32. The van der Waals surface area contributed by atoms with Gasteiger partial charge in [-0.2, -0.15) is 5.21 Å². The number of hydrogen-bond acceptors (Lipinski definition) is 11. The van der Waals surface area contributed by atoms with Gasteiger partial charge >= 0.3 is 0 Å². The first-order valence-corrected chi connectivity index (χ1v) is 12.4. The summed E-state index contributed by atoms with van der Waals surface area (Å²) in [6, 6.07) is 1.64. The van der Waals surface area contributed by atoms with Gasteiger partial charge in [-0.25, -0.2) is 31.1 Å². The number of nitrogens with zero attached hydrogens (tertiary/aromatic N) is 4. The predicted molar refractivity (Wildman–Crippen MR) is 111 cm³/mol. The Kier molecular flexibility index (Phi) is 7.08. The van der Waals surface area contributed by atoms with Gasteiger partial charge in [-0.05, 0) is 23.8 Å². The van der Waals surface area contributed by atoms with E-state index in [0.717, 1.165) is 6.07 Å². The molecule has 17 heteroatoms. The van der Waals surface area contributed by atoms with Crippen molar-refractivity contribution in [2.24, 2.45) is 16.6 Å². The first-order valence-electron chi connectivity index (χ1n) is 9.41. The topological polar surface area (TPSA) is 236 Å². The maximum atomic E-state index is 14.3. The van der Waals surface area contributed by atoms with Crippen LogP contribution in [0.2, 0.25) is 0 Å². The van der Waals surface area contributed by atoms with E-state index in [9.17, 15) is 26.3 Å². The summed E-state index contributed by atoms with van der Waals surface area (Å²) < 4.78 is 67.3. The van der Waals surface area contributed by atoms with Gasteiger partial charge in [0.25, 0.3) is 0 Å². The Hall–Kier alpha value is -2.28. The Bertz CT molecular complexity index is 1160. The van der Waals surface area contributed by atoms with Crippen molar-refractivity contribution in [2.45, 2.75) is 34.5 Å². The largest absolute Gasteiger partial charge is 0.390 e. The van der Waals surface area contributed by atoms with E-state index in [1.807, 2.05) is 0 Å². The molecule has 1 fully saturated rings. The van der Waals surface area contributed by atoms with E-state index >= 15 is 0 Å². The monoisotopic (exact) mass is 493 g/mol. The van der Waals surface area contributed by atoms with Crippen LogP contribution in [0.5, 0.6) is 0 Å². The molecule has 3 atom stereocenters. The molecule has 178 valence electrons. The Morgan fingerprint density at radius 2 is 2.06 bits per heavy atom. The van der Waals surface area contributed by atoms with Gasteiger partial charge in [0.05, 0.1) is 18.2 Å². The molecule has 1 aromatic heterocycles. The number of nitrogens with one attached hydrogen (secondary N) is 2. The molecule has 1 aliphatic rings. The summed E-state index contributed by atoms with van der Waals surface area (Å²) in [6.45, 7) is -0.582. The minimum absolute atomic E-state index is 0.144. The van der Waals surface area contributed by atoms with Gasteiger partial charge in [-0.3, -0.25) is 0 Å². The van der Waals surface area contributed by atoms with Crippen molar-refractivity contribution >= 4 is 25.7 Å². The summed E-state index contributed by atoms with van der Waals surface area (Å²) >= 11 is 0. The SMILES string of the molecule is NCC(O)CNS(=O)(=O)c1ccc(N2CCC(N)C(F)C2)c(-c2nn[nH]n2)c1S(N)(=O)=O. The van der Waals surface area contributed by atoms with Crippen LogP contribution in [0.1, 0.15) is 6.42 Å². The highest BCUT2D eigenvalue weighted by atomic mass is 32.2. The van der Waals surface area contributed by atoms with Gasteiger partial charge < -0.3 is 21.5 Å². The number of nitrogens with two attached hydrogens (primary N) is 3. The Morgan fingerprint density at radius 3 is 2.62 bits per heavy atom. The number of tetrazole rings is 1. The molecule has 0 amide bonds. The molecule has 2 aromatic rings. The minimum atomic E-state index is -4.68. The predicted octanol–water partition coefficient (Wildman–Crippen LogP) is -3.01. The summed E-state index contributed by atoms with van der Waals surface area (Å²) in [5, 5.41) is 28.1. The fourth-order valence-corrected chi connectivity index (χ4v) is 5.97. The third-order valence-electron chi connectivity index (χ3n) is 4.96. The molecule has 32 heavy (non-hydrogen) atoms. The minimum Gasteiger partial charge on any atom is -0.390 e. The number of aliphatic hydroxyl groups is 1. The number of H-pyrrole nitrogens is 1. The highest BCUT2D eigenvalue weighted by molar-refractivity contribution is 7.92. The number of anilines is 1. The van der Waals surface area contributed by atoms with Crippen LogP contribution in [0.4, 0.5) is 10.1 Å². The number of aromatic amines is 1. The van der Waals surface area contributed by atoms with Gasteiger partial charge in [0, 0.05) is 31.4 Å². The van der Waals surface area contributed by atoms with E-state index in [2.05, 4.69) is 25.3 Å². The number of sulfonamides is 2. The van der Waals surface area contributed by atoms with Crippen molar-refractivity contribution in [3.05, 3.63) is 12.1 Å². The second-order valence-corrected chi connectivity index (χ2v) is 10.5. The van der Waals surface area contributed by atoms with Crippen LogP contribution in [0.15, 0.2) is 21.9 Å². The fourth-order valence-electron chi connectivity index (χ4n) is 3.30. The van der Waals surface area contributed by atoms with E-state index in [1.54, 1.807) is 0 Å². The zero-order chi connectivity index (χ0) is 23.7. The van der Waals surface area contributed by atoms with Crippen LogP contribution in [0.25, 0.3) is 11.4 Å². The van der Waals surface area contributed by atoms with Crippen molar-refractivity contribution < 1.29 is 26.3 Å². The van der Waals surface area contributed by atoms with Crippen LogP contribution in [0, 0.1) is 0 Å². The van der Waals surface area contributed by atoms with Gasteiger partial charge in [-0.1, -0.05) is 0 Å². The second-order valence-electron chi connectivity index (χ2n) is 7.22. The quantitative estimate of drug-likeness (QED) is 0.216. The van der Waals surface area contributed by atoms with E-state index in [0.29, 0.717) is 0 Å². The zero-order valence-corrected chi connectivity index (χ0v) is 18.4. The summed E-state index contributed by atoms with van der Waals surface area (Å²) in [5.74, 6) is -0.256. The number of alkyl halides is 1. The lowest BCUT2D eigenvalue weighted by Crippen LogP contribution is -2.48. The number of aliphatic hydroxyl groups excluding tert-OH is 1. The molecule has 0 saturated carbocycles. The molecule has 2 heterocycles. The van der Waals surface area contributed by atoms with E-state index in [4.69, 9.17) is 16.6 Å². The standard InChI is InChI=1S/C15H24FN9O5S2/c16-9-7-25(4-3-10(9)18)11-1-2-12(32(29,30)20-6-8(26)5-17)14(31(19,27)28)13(11)15-21-23-24-22-15/h1-2,8-10,20,26H,3-7,17-18H2,(H2,19,27,28)(H,21,22,23,24). The average molecular weight is 494 g/mol. The van der Waals surface area contributed by atoms with Crippen LogP contribution in [0.3, 0.4) is 0 Å². The molecule has 9 N–H and O–H groups in total. The highest BCUT2D eigenvalue weighted by Gasteiger charge is 2.35. The molecule has 3 rings (SSSR count). The van der Waals surface area contributed by atoms with Crippen molar-refractivity contribution in [1.82, 2.24) is 25.3 Å². The van der Waals surface area contributed by atoms with Crippen LogP contribution in [-0.2, 0) is 20.0 Å². The van der Waals surface area contributed by atoms with Gasteiger partial charge in [0.1, 0.15) is 16.0 Å². The average Bonchev–Trinajstić information content (AvgIpc) is 3.27. The maximum absolute atomic E-state index is 14.3. The lowest BCUT2D eigenvalue weighted by molar-refractivity contribution is 0.186. The Balaban J connectivity index is 2.23. The number of hydrogen-bond donors (Lipinski definition) is 6. The fraction of sp³-hybridized carbons (Fsp3) is 0.533. The summed E-state index contributed by atoms with van der Waals surface area (Å²) in [4.78, 5) is 0.0193. The molecule has 3 unspecified atom stereocenters. The smallest absolute Gasteiger partial charge is 0.242 e. The van der Waals surface area contributed by atoms with E-state index in [1.165, 1.54) is 11.0 Å². The Labute approximate surface area is 183 Å². The van der Waals surface area contributed by atoms with Crippen molar-refractivity contribution in [3.63, 3.8) is 0 Å². The van der Waals surface area contributed by atoms with E-state index < -0.39 is 54.7 Å². The van der Waals surface area contributed by atoms with E-state index in [-0.39, 0.29) is 43.1 Å². The third-order valence-corrected chi connectivity index (χ3v) is 7.54. The zero-order valence-electron chi connectivity index (χ0n) is 16.7. The molecule has 14 nitrogen and oxygen atoms in total. The number of halogens is 1. The molecule has 0 spiro atoms. The Morgan fingerprint density at radius 1 is 1.34 bits per heavy atom. The molecule has 0 radical (unpaired) electrons. The second kappa shape index (κ2) is 9.30. The first kappa shape index (κ1) is 24.4. The molecule has 1 saturated heterocycles. The molecule has 1 aliphatic heterocycles. The first-order chi connectivity index (χ1) is 15.0. The van der Waals surface area contributed by atoms with Crippen molar-refractivity contribution in [2.75, 3.05) is 31.1 Å². The summed E-state index contributed by atoms with van der Waals surface area (Å²) in [5.41, 5.74) is 10.9. The molecule has 0 bridgehead atoms. The third kappa shape index (κ3) is 5.03. The number of benzene rings is 1. The number of aromatic nitrogens is 4. The summed E-state index contributed by atoms with van der Waals surface area (Å²) in [7, 11) is -9.16. The van der Waals surface area contributed by atoms with Gasteiger partial charge in [0.2, 0.25) is 25.9 Å². The van der Waals surface area contributed by atoms with Crippen molar-refractivity contribution in [1.29, 1.82) is 0 Å². The number of primary sulfonamides is 1. The van der Waals surface area contributed by atoms with Gasteiger partial charge in [-0.15, -0.1) is 10.2 Å². The maximum Gasteiger partial charge on any atom is 0.242 e. The highest BCUT2D eigenvalue weighted by Crippen LogP contribution is 2.39. The van der Waals surface area contributed by atoms with Crippen LogP contribution in [-0.4, -0.2) is 87.1 Å². The number of piperidine rings is 1. The van der Waals surface area contributed by atoms with Crippen LogP contribution < -0.4 is 26.2 Å².